The molecular weight excluding hydrogens is 440 g/mol. The number of methoxy groups -OCH3 is 1. The van der Waals surface area contributed by atoms with E-state index in [-0.39, 0.29) is 5.17 Å². The van der Waals surface area contributed by atoms with Crippen molar-refractivity contribution in [2.45, 2.75) is 33.1 Å². The third kappa shape index (κ3) is 5.99. The Morgan fingerprint density at radius 1 is 1.18 bits per heavy atom. The van der Waals surface area contributed by atoms with Crippen LogP contribution in [0.4, 0.5) is 0 Å². The van der Waals surface area contributed by atoms with Crippen molar-refractivity contribution in [1.29, 1.82) is 5.26 Å². The van der Waals surface area contributed by atoms with Gasteiger partial charge in [0.2, 0.25) is 11.8 Å². The molecule has 1 heterocycles. The lowest BCUT2D eigenvalue weighted by Gasteiger charge is -2.16. The Balaban J connectivity index is 2.03. The molecule has 0 N–H and O–H groups in total. The van der Waals surface area contributed by atoms with E-state index in [9.17, 15) is 5.26 Å². The number of nitriles is 1. The quantitative estimate of drug-likeness (QED) is 0.233. The molecule has 0 spiro atoms. The summed E-state index contributed by atoms with van der Waals surface area (Å²) in [6.45, 7) is 3.72. The first-order valence-corrected chi connectivity index (χ1v) is 10.8. The van der Waals surface area contributed by atoms with E-state index in [1.807, 2.05) is 37.3 Å². The molecule has 0 saturated heterocycles. The number of hydrogen-bond acceptors (Lipinski definition) is 7. The zero-order valence-corrected chi connectivity index (χ0v) is 19.8. The number of aryl methyl sites for hydroxylation is 3. The molecule has 0 saturated carbocycles. The second-order valence-electron chi connectivity index (χ2n) is 7.36. The summed E-state index contributed by atoms with van der Waals surface area (Å²) in [7, 11) is 3.03. The maximum absolute atomic E-state index is 9.39. The van der Waals surface area contributed by atoms with Gasteiger partial charge in [0.25, 0.3) is 0 Å². The van der Waals surface area contributed by atoms with Crippen LogP contribution in [0.2, 0.25) is 0 Å². The molecule has 8 heteroatoms. The van der Waals surface area contributed by atoms with Gasteiger partial charge in [-0.15, -0.1) is 10.2 Å². The Hall–Kier alpha value is -3.63. The molecule has 3 aromatic rings. The number of nitrogens with zero attached hydrogens (tertiary/aromatic N) is 4. The zero-order valence-electron chi connectivity index (χ0n) is 19.1. The summed E-state index contributed by atoms with van der Waals surface area (Å²) in [5, 5.41) is 21.4. The van der Waals surface area contributed by atoms with Crippen LogP contribution >= 0.6 is 11.6 Å². The van der Waals surface area contributed by atoms with E-state index in [2.05, 4.69) is 27.5 Å². The number of rotatable bonds is 9. The number of unbranched alkanes of at least 4 members (excludes halogenated alkanes) is 1. The average molecular weight is 465 g/mol. The van der Waals surface area contributed by atoms with Gasteiger partial charge >= 0.3 is 0 Å². The van der Waals surface area contributed by atoms with Crippen molar-refractivity contribution in [1.82, 2.24) is 10.2 Å². The standard InChI is InChI=1S/C25H25ClN4O3/c1-16-12-20(14-22(24(16)31-3)25(26)30-32-4)21(19-9-7-8-18(13-19)15-27)10-5-6-11-23-29-28-17(2)33-23/h7-10,12-14H,5-6,11H2,1-4H3/b21-10-,30-25?. The lowest BCUT2D eigenvalue weighted by atomic mass is 9.92. The van der Waals surface area contributed by atoms with Gasteiger partial charge in [-0.2, -0.15) is 5.26 Å². The van der Waals surface area contributed by atoms with E-state index in [1.165, 1.54) is 7.11 Å². The van der Waals surface area contributed by atoms with Crippen molar-refractivity contribution >= 4 is 22.3 Å². The van der Waals surface area contributed by atoms with Crippen LogP contribution < -0.4 is 4.74 Å². The predicted molar refractivity (Wildman–Crippen MR) is 127 cm³/mol. The Morgan fingerprint density at radius 3 is 2.67 bits per heavy atom. The van der Waals surface area contributed by atoms with E-state index in [0.29, 0.717) is 35.1 Å². The summed E-state index contributed by atoms with van der Waals surface area (Å²) in [4.78, 5) is 4.87. The number of ether oxygens (including phenoxy) is 1. The lowest BCUT2D eigenvalue weighted by molar-refractivity contribution is 0.214. The molecule has 0 bridgehead atoms. The number of allylic oxidation sites excluding steroid dienone is 1. The fraction of sp³-hybridized carbons (Fsp3) is 0.280. The maximum atomic E-state index is 9.39. The average Bonchev–Trinajstić information content (AvgIpc) is 3.23. The second kappa shape index (κ2) is 11.3. The van der Waals surface area contributed by atoms with Crippen LogP contribution in [0.5, 0.6) is 5.75 Å². The van der Waals surface area contributed by atoms with Gasteiger partial charge in [-0.1, -0.05) is 35.0 Å². The largest absolute Gasteiger partial charge is 0.496 e. The second-order valence-corrected chi connectivity index (χ2v) is 7.71. The minimum absolute atomic E-state index is 0.191. The van der Waals surface area contributed by atoms with Crippen molar-refractivity contribution in [2.75, 3.05) is 14.2 Å². The van der Waals surface area contributed by atoms with Crippen LogP contribution in [0.1, 0.15) is 52.4 Å². The van der Waals surface area contributed by atoms with Gasteiger partial charge in [-0.25, -0.2) is 0 Å². The van der Waals surface area contributed by atoms with Gasteiger partial charge in [0.1, 0.15) is 12.9 Å². The number of oxime groups is 1. The van der Waals surface area contributed by atoms with Gasteiger partial charge in [0, 0.05) is 13.3 Å². The SMILES string of the molecule is CON=C(Cl)c1cc(/C(=C\CCCc2nnc(C)o2)c2cccc(C#N)c2)cc(C)c1OC. The molecular formula is C25H25ClN4O3. The highest BCUT2D eigenvalue weighted by Crippen LogP contribution is 2.33. The van der Waals surface area contributed by atoms with Crippen LogP contribution in [-0.2, 0) is 11.3 Å². The van der Waals surface area contributed by atoms with Gasteiger partial charge in [0.05, 0.1) is 24.3 Å². The van der Waals surface area contributed by atoms with E-state index < -0.39 is 0 Å². The number of aromatic nitrogens is 2. The Kier molecular flexibility index (Phi) is 8.22. The zero-order chi connectivity index (χ0) is 23.8. The molecule has 2 aromatic carbocycles. The Labute approximate surface area is 198 Å². The molecule has 0 fully saturated rings. The van der Waals surface area contributed by atoms with Gasteiger partial charge < -0.3 is 14.0 Å². The predicted octanol–water partition coefficient (Wildman–Crippen LogP) is 5.57. The highest BCUT2D eigenvalue weighted by molar-refractivity contribution is 6.69. The van der Waals surface area contributed by atoms with Crippen LogP contribution in [0.3, 0.4) is 0 Å². The van der Waals surface area contributed by atoms with Crippen LogP contribution in [0.15, 0.2) is 52.0 Å². The van der Waals surface area contributed by atoms with Gasteiger partial charge in [-0.3, -0.25) is 0 Å². The minimum atomic E-state index is 0.191. The van der Waals surface area contributed by atoms with Crippen LogP contribution in [0.25, 0.3) is 5.57 Å². The van der Waals surface area contributed by atoms with Crippen molar-refractivity contribution in [2.24, 2.45) is 5.16 Å². The minimum Gasteiger partial charge on any atom is -0.496 e. The van der Waals surface area contributed by atoms with E-state index in [1.54, 1.807) is 20.1 Å². The maximum Gasteiger partial charge on any atom is 0.216 e. The molecule has 0 atom stereocenters. The summed E-state index contributed by atoms with van der Waals surface area (Å²) in [6, 6.07) is 13.7. The van der Waals surface area contributed by atoms with Crippen LogP contribution in [0, 0.1) is 25.2 Å². The number of benzene rings is 2. The Bertz CT molecular complexity index is 1220. The molecule has 7 nitrogen and oxygen atoms in total. The third-order valence-corrected chi connectivity index (χ3v) is 5.27. The highest BCUT2D eigenvalue weighted by atomic mass is 35.5. The molecule has 0 amide bonds. The fourth-order valence-corrected chi connectivity index (χ4v) is 3.79. The molecule has 1 aromatic heterocycles. The monoisotopic (exact) mass is 464 g/mol. The molecule has 0 aliphatic rings. The smallest absolute Gasteiger partial charge is 0.216 e. The van der Waals surface area contributed by atoms with Gasteiger partial charge in [0.15, 0.2) is 5.17 Å². The highest BCUT2D eigenvalue weighted by Gasteiger charge is 2.16. The van der Waals surface area contributed by atoms with E-state index in [0.717, 1.165) is 35.1 Å². The van der Waals surface area contributed by atoms with Gasteiger partial charge in [-0.05, 0) is 66.3 Å². The molecule has 33 heavy (non-hydrogen) atoms. The number of halogens is 1. The first-order valence-electron chi connectivity index (χ1n) is 10.4. The molecule has 170 valence electrons. The first-order chi connectivity index (χ1) is 16.0. The molecule has 3 rings (SSSR count). The van der Waals surface area contributed by atoms with Crippen molar-refractivity contribution in [3.05, 3.63) is 82.1 Å². The fourth-order valence-electron chi connectivity index (χ4n) is 3.58. The normalized spacial score (nSPS) is 11.9. The lowest BCUT2D eigenvalue weighted by Crippen LogP contribution is -2.02. The van der Waals surface area contributed by atoms with Crippen molar-refractivity contribution in [3.63, 3.8) is 0 Å². The summed E-state index contributed by atoms with van der Waals surface area (Å²) < 4.78 is 11.0. The summed E-state index contributed by atoms with van der Waals surface area (Å²) in [6.07, 6.45) is 4.43. The van der Waals surface area contributed by atoms with E-state index in [4.69, 9.17) is 25.6 Å². The molecule has 0 radical (unpaired) electrons. The summed E-state index contributed by atoms with van der Waals surface area (Å²) in [5.41, 5.74) is 4.94. The van der Waals surface area contributed by atoms with Crippen molar-refractivity contribution < 1.29 is 14.0 Å². The molecule has 0 unspecified atom stereocenters. The Morgan fingerprint density at radius 2 is 2.00 bits per heavy atom. The third-order valence-electron chi connectivity index (χ3n) is 5.00. The first kappa shape index (κ1) is 24.0. The van der Waals surface area contributed by atoms with Crippen molar-refractivity contribution in [3.8, 4) is 11.8 Å². The molecule has 0 aliphatic heterocycles. The number of hydrogen-bond donors (Lipinski definition) is 0. The summed E-state index contributed by atoms with van der Waals surface area (Å²) >= 11 is 6.39. The topological polar surface area (TPSA) is 93.5 Å². The van der Waals surface area contributed by atoms with E-state index >= 15 is 0 Å². The molecule has 0 aliphatic carbocycles. The van der Waals surface area contributed by atoms with Crippen LogP contribution in [-0.4, -0.2) is 29.6 Å². The summed E-state index contributed by atoms with van der Waals surface area (Å²) in [5.74, 6) is 1.81.